The van der Waals surface area contributed by atoms with Gasteiger partial charge in [-0.25, -0.2) is 4.98 Å². The Balaban J connectivity index is 1.52. The van der Waals surface area contributed by atoms with E-state index in [1.807, 2.05) is 66.9 Å². The first-order valence-electron chi connectivity index (χ1n) is 9.32. The van der Waals surface area contributed by atoms with Crippen LogP contribution in [0.1, 0.15) is 26.7 Å². The molecule has 0 atom stereocenters. The Morgan fingerprint density at radius 3 is 2.48 bits per heavy atom. The normalized spacial score (nSPS) is 10.7. The van der Waals surface area contributed by atoms with Gasteiger partial charge in [0.05, 0.1) is 24.2 Å². The number of nitrogens with one attached hydrogen (secondary N) is 1. The van der Waals surface area contributed by atoms with Gasteiger partial charge in [0.2, 0.25) is 11.9 Å². The van der Waals surface area contributed by atoms with E-state index in [0.717, 1.165) is 23.3 Å². The summed E-state index contributed by atoms with van der Waals surface area (Å²) in [7, 11) is 0. The highest BCUT2D eigenvalue weighted by molar-refractivity contribution is 5.91. The molecular formula is C21H25N3O3. The number of imidazole rings is 1. The van der Waals surface area contributed by atoms with Gasteiger partial charge in [0.15, 0.2) is 11.5 Å². The quantitative estimate of drug-likeness (QED) is 0.574. The Kier molecular flexibility index (Phi) is 6.30. The number of carbonyl (C=O) groups excluding carboxylic acids is 1. The highest BCUT2D eigenvalue weighted by Crippen LogP contribution is 2.26. The van der Waals surface area contributed by atoms with E-state index in [1.165, 1.54) is 0 Å². The van der Waals surface area contributed by atoms with Gasteiger partial charge in [-0.2, -0.15) is 0 Å². The second-order valence-electron chi connectivity index (χ2n) is 6.05. The third-order valence-corrected chi connectivity index (χ3v) is 4.18. The molecule has 0 radical (unpaired) electrons. The molecule has 0 aliphatic carbocycles. The van der Waals surface area contributed by atoms with Crippen LogP contribution in [0, 0.1) is 0 Å². The summed E-state index contributed by atoms with van der Waals surface area (Å²) in [6.07, 6.45) is 0.975. The minimum atomic E-state index is -0.0679. The van der Waals surface area contributed by atoms with E-state index < -0.39 is 0 Å². The summed E-state index contributed by atoms with van der Waals surface area (Å²) in [5.74, 6) is 1.95. The van der Waals surface area contributed by atoms with Crippen molar-refractivity contribution in [1.82, 2.24) is 9.55 Å². The van der Waals surface area contributed by atoms with E-state index >= 15 is 0 Å². The number of hydrogen-bond donors (Lipinski definition) is 1. The number of amides is 1. The Morgan fingerprint density at radius 2 is 1.74 bits per heavy atom. The summed E-state index contributed by atoms with van der Waals surface area (Å²) >= 11 is 0. The minimum Gasteiger partial charge on any atom is -0.490 e. The van der Waals surface area contributed by atoms with Crippen molar-refractivity contribution in [3.05, 3.63) is 48.5 Å². The van der Waals surface area contributed by atoms with Crippen molar-refractivity contribution in [3.63, 3.8) is 0 Å². The monoisotopic (exact) mass is 367 g/mol. The van der Waals surface area contributed by atoms with Crippen LogP contribution in [0.15, 0.2) is 48.5 Å². The molecular weight excluding hydrogens is 342 g/mol. The van der Waals surface area contributed by atoms with Crippen LogP contribution in [0.4, 0.5) is 5.95 Å². The van der Waals surface area contributed by atoms with Crippen molar-refractivity contribution >= 4 is 22.9 Å². The Hall–Kier alpha value is -3.02. The van der Waals surface area contributed by atoms with Crippen molar-refractivity contribution < 1.29 is 14.3 Å². The topological polar surface area (TPSA) is 65.4 Å². The van der Waals surface area contributed by atoms with Crippen LogP contribution in [0.5, 0.6) is 11.5 Å². The van der Waals surface area contributed by atoms with Gasteiger partial charge in [-0.1, -0.05) is 24.3 Å². The fraction of sp³-hybridized carbons (Fsp3) is 0.333. The molecule has 1 heterocycles. The van der Waals surface area contributed by atoms with Crippen LogP contribution in [-0.4, -0.2) is 28.7 Å². The van der Waals surface area contributed by atoms with Crippen LogP contribution in [-0.2, 0) is 11.3 Å². The molecule has 1 N–H and O–H groups in total. The minimum absolute atomic E-state index is 0.0679. The molecule has 6 nitrogen and oxygen atoms in total. The van der Waals surface area contributed by atoms with Gasteiger partial charge < -0.3 is 14.0 Å². The molecule has 0 aliphatic rings. The van der Waals surface area contributed by atoms with Crippen molar-refractivity contribution in [2.24, 2.45) is 0 Å². The molecule has 0 spiro atoms. The lowest BCUT2D eigenvalue weighted by Gasteiger charge is -2.11. The summed E-state index contributed by atoms with van der Waals surface area (Å²) in [5.41, 5.74) is 1.90. The molecule has 1 amide bonds. The van der Waals surface area contributed by atoms with Crippen LogP contribution < -0.4 is 14.8 Å². The number of aromatic nitrogens is 2. The molecule has 0 unspecified atom stereocenters. The third kappa shape index (κ3) is 4.58. The van der Waals surface area contributed by atoms with E-state index in [9.17, 15) is 4.79 Å². The second kappa shape index (κ2) is 9.07. The average Bonchev–Trinajstić information content (AvgIpc) is 3.03. The molecule has 0 saturated heterocycles. The fourth-order valence-corrected chi connectivity index (χ4v) is 2.94. The molecule has 6 heteroatoms. The van der Waals surface area contributed by atoms with Crippen LogP contribution in [0.2, 0.25) is 0 Å². The lowest BCUT2D eigenvalue weighted by Crippen LogP contribution is -2.16. The summed E-state index contributed by atoms with van der Waals surface area (Å²) in [5, 5.41) is 2.91. The zero-order valence-corrected chi connectivity index (χ0v) is 15.8. The Bertz CT molecular complexity index is 905. The molecule has 0 saturated carbocycles. The van der Waals surface area contributed by atoms with Crippen molar-refractivity contribution in [2.45, 2.75) is 33.2 Å². The zero-order valence-electron chi connectivity index (χ0n) is 15.8. The van der Waals surface area contributed by atoms with Gasteiger partial charge in [-0.3, -0.25) is 10.1 Å². The Morgan fingerprint density at radius 1 is 1.04 bits per heavy atom. The zero-order chi connectivity index (χ0) is 19.1. The van der Waals surface area contributed by atoms with Gasteiger partial charge >= 0.3 is 0 Å². The average molecular weight is 367 g/mol. The first-order chi connectivity index (χ1) is 13.2. The predicted octanol–water partition coefficient (Wildman–Crippen LogP) is 4.25. The molecule has 1 aromatic heterocycles. The van der Waals surface area contributed by atoms with Gasteiger partial charge in [-0.05, 0) is 44.5 Å². The molecule has 0 aliphatic heterocycles. The number of hydrogen-bond acceptors (Lipinski definition) is 4. The van der Waals surface area contributed by atoms with E-state index in [2.05, 4.69) is 10.3 Å². The summed E-state index contributed by atoms with van der Waals surface area (Å²) in [6.45, 7) is 5.74. The van der Waals surface area contributed by atoms with Crippen LogP contribution in [0.3, 0.4) is 0 Å². The number of nitrogens with zero attached hydrogens (tertiary/aromatic N) is 2. The maximum absolute atomic E-state index is 12.3. The van der Waals surface area contributed by atoms with Crippen molar-refractivity contribution in [2.75, 3.05) is 18.5 Å². The van der Waals surface area contributed by atoms with Crippen molar-refractivity contribution in [1.29, 1.82) is 0 Å². The largest absolute Gasteiger partial charge is 0.490 e. The highest BCUT2D eigenvalue weighted by atomic mass is 16.5. The molecule has 142 valence electrons. The highest BCUT2D eigenvalue weighted by Gasteiger charge is 2.12. The second-order valence-corrected chi connectivity index (χ2v) is 6.05. The molecule has 0 fully saturated rings. The first-order valence-corrected chi connectivity index (χ1v) is 9.32. The van der Waals surface area contributed by atoms with Gasteiger partial charge in [0.25, 0.3) is 0 Å². The van der Waals surface area contributed by atoms with Gasteiger partial charge in [-0.15, -0.1) is 0 Å². The molecule has 3 rings (SSSR count). The number of carbonyl (C=O) groups is 1. The van der Waals surface area contributed by atoms with E-state index in [-0.39, 0.29) is 5.91 Å². The van der Waals surface area contributed by atoms with Gasteiger partial charge in [0, 0.05) is 13.0 Å². The number of ether oxygens (including phenoxy) is 2. The van der Waals surface area contributed by atoms with Crippen LogP contribution in [0.25, 0.3) is 11.0 Å². The maximum Gasteiger partial charge on any atom is 0.226 e. The summed E-state index contributed by atoms with van der Waals surface area (Å²) < 4.78 is 13.3. The maximum atomic E-state index is 12.3. The molecule has 3 aromatic rings. The lowest BCUT2D eigenvalue weighted by atomic mass is 10.3. The van der Waals surface area contributed by atoms with E-state index in [1.54, 1.807) is 0 Å². The number of para-hydroxylation sites is 4. The van der Waals surface area contributed by atoms with Crippen molar-refractivity contribution in [3.8, 4) is 11.5 Å². The molecule has 2 aromatic carbocycles. The summed E-state index contributed by atoms with van der Waals surface area (Å²) in [4.78, 5) is 16.8. The Labute approximate surface area is 159 Å². The fourth-order valence-electron chi connectivity index (χ4n) is 2.94. The SMILES string of the molecule is CCOc1ccccc1OCCCC(=O)Nc1nc2ccccc2n1CC. The number of anilines is 1. The predicted molar refractivity (Wildman–Crippen MR) is 106 cm³/mol. The number of fused-ring (bicyclic) bond motifs is 1. The first kappa shape index (κ1) is 18.8. The number of benzene rings is 2. The lowest BCUT2D eigenvalue weighted by molar-refractivity contribution is -0.116. The number of rotatable bonds is 9. The van der Waals surface area contributed by atoms with E-state index in [4.69, 9.17) is 9.47 Å². The summed E-state index contributed by atoms with van der Waals surface area (Å²) in [6, 6.07) is 15.4. The molecule has 27 heavy (non-hydrogen) atoms. The smallest absolute Gasteiger partial charge is 0.226 e. The standard InChI is InChI=1S/C21H25N3O3/c1-3-24-17-11-6-5-10-16(17)22-21(24)23-20(25)14-9-15-27-19-13-8-7-12-18(19)26-4-2/h5-8,10-13H,3-4,9,14-15H2,1-2H3,(H,22,23,25). The number of aryl methyl sites for hydroxylation is 1. The third-order valence-electron chi connectivity index (χ3n) is 4.18. The van der Waals surface area contributed by atoms with E-state index in [0.29, 0.717) is 37.8 Å². The molecule has 0 bridgehead atoms. The van der Waals surface area contributed by atoms with Crippen LogP contribution >= 0.6 is 0 Å². The van der Waals surface area contributed by atoms with Gasteiger partial charge in [0.1, 0.15) is 0 Å².